The van der Waals surface area contributed by atoms with E-state index in [-0.39, 0.29) is 53.9 Å². The number of hydrogen-bond acceptors (Lipinski definition) is 15. The number of nitrogens with one attached hydrogen (secondary N) is 4. The van der Waals surface area contributed by atoms with Crippen LogP contribution in [0, 0.1) is 11.8 Å². The van der Waals surface area contributed by atoms with E-state index in [0.29, 0.717) is 49.3 Å². The first-order valence-corrected chi connectivity index (χ1v) is 30.2. The van der Waals surface area contributed by atoms with Gasteiger partial charge in [0.25, 0.3) is 5.91 Å². The summed E-state index contributed by atoms with van der Waals surface area (Å²) in [7, 11) is 9.86. The Labute approximate surface area is 531 Å². The van der Waals surface area contributed by atoms with Gasteiger partial charge in [0, 0.05) is 71.8 Å². The number of hydrogen-bond donors (Lipinski definition) is 6. The molecule has 89 heavy (non-hydrogen) atoms. The van der Waals surface area contributed by atoms with Crippen molar-refractivity contribution in [2.75, 3.05) is 75.6 Å². The number of rotatable bonds is 36. The number of hydroxylamine groups is 2. The highest BCUT2D eigenvalue weighted by Gasteiger charge is 2.39. The van der Waals surface area contributed by atoms with Crippen LogP contribution < -0.4 is 21.3 Å². The Bertz CT molecular complexity index is 2610. The van der Waals surface area contributed by atoms with E-state index in [9.17, 15) is 63.1 Å². The number of aliphatic hydroxyl groups is 1. The summed E-state index contributed by atoms with van der Waals surface area (Å²) in [6.07, 6.45) is 5.83. The van der Waals surface area contributed by atoms with Crippen molar-refractivity contribution < 1.29 is 67.8 Å². The zero-order valence-corrected chi connectivity index (χ0v) is 56.1. The predicted molar refractivity (Wildman–Crippen MR) is 340 cm³/mol. The molecular formula is C63H102ClN11O14. The minimum absolute atomic E-state index is 0.0353. The van der Waals surface area contributed by atoms with E-state index in [4.69, 9.17) is 16.3 Å². The van der Waals surface area contributed by atoms with E-state index in [0.717, 1.165) is 33.1 Å². The van der Waals surface area contributed by atoms with Crippen molar-refractivity contribution in [2.45, 2.75) is 174 Å². The molecule has 0 spiro atoms. The molecule has 0 radical (unpaired) electrons. The third-order valence-corrected chi connectivity index (χ3v) is 14.9. The molecular weight excluding hydrogens is 1170 g/mol. The van der Waals surface area contributed by atoms with Crippen molar-refractivity contribution in [3.05, 3.63) is 72.4 Å². The van der Waals surface area contributed by atoms with Crippen molar-refractivity contribution >= 4 is 77.0 Å². The van der Waals surface area contributed by atoms with E-state index < -0.39 is 132 Å². The van der Waals surface area contributed by atoms with Gasteiger partial charge in [0.2, 0.25) is 53.2 Å². The summed E-state index contributed by atoms with van der Waals surface area (Å²) < 4.78 is 5.98. The summed E-state index contributed by atoms with van der Waals surface area (Å²) in [4.78, 5) is 161. The van der Waals surface area contributed by atoms with Crippen molar-refractivity contribution in [2.24, 2.45) is 11.8 Å². The Morgan fingerprint density at radius 2 is 1.17 bits per heavy atom. The molecule has 0 aliphatic carbocycles. The molecule has 0 aromatic rings. The van der Waals surface area contributed by atoms with Gasteiger partial charge in [0.1, 0.15) is 48.6 Å². The first-order valence-electron chi connectivity index (χ1n) is 29.9. The Morgan fingerprint density at radius 3 is 1.66 bits per heavy atom. The molecule has 500 valence electrons. The summed E-state index contributed by atoms with van der Waals surface area (Å²) >= 11 is 6.18. The lowest BCUT2D eigenvalue weighted by atomic mass is 9.98. The summed E-state index contributed by atoms with van der Waals surface area (Å²) in [5, 5.41) is 30.9. The zero-order valence-electron chi connectivity index (χ0n) is 55.4. The van der Waals surface area contributed by atoms with Crippen molar-refractivity contribution in [3.8, 4) is 0 Å². The average molecular weight is 1270 g/mol. The number of carbonyl (C=O) groups is 11. The molecule has 0 bridgehead atoms. The van der Waals surface area contributed by atoms with Gasteiger partial charge in [-0.25, -0.2) is 5.06 Å². The molecule has 1 fully saturated rings. The van der Waals surface area contributed by atoms with E-state index in [1.165, 1.54) is 71.2 Å². The zero-order chi connectivity index (χ0) is 68.5. The number of aliphatic hydroxyl groups excluding tert-OH is 1. The molecule has 2 unspecified atom stereocenters. The number of ether oxygens (including phenoxy) is 1. The Hall–Kier alpha value is -7.06. The van der Waals surface area contributed by atoms with Gasteiger partial charge in [0.05, 0.1) is 37.3 Å². The number of likely N-dealkylation sites (N-methyl/N-ethyl adjacent to an activating group) is 6. The summed E-state index contributed by atoms with van der Waals surface area (Å²) in [6.45, 7) is 30.6. The molecule has 1 aliphatic heterocycles. The highest BCUT2D eigenvalue weighted by atomic mass is 35.5. The third kappa shape index (κ3) is 27.3. The van der Waals surface area contributed by atoms with Gasteiger partial charge in [0.15, 0.2) is 0 Å². The maximum atomic E-state index is 14.9. The molecule has 9 atom stereocenters. The number of amides is 10. The van der Waals surface area contributed by atoms with E-state index in [1.807, 2.05) is 13.8 Å². The van der Waals surface area contributed by atoms with Gasteiger partial charge in [-0.05, 0) is 110 Å². The second-order valence-electron chi connectivity index (χ2n) is 24.8. The van der Waals surface area contributed by atoms with Gasteiger partial charge in [-0.15, -0.1) is 0 Å². The summed E-state index contributed by atoms with van der Waals surface area (Å²) in [5.74, 6) is -7.49. The Morgan fingerprint density at radius 1 is 0.652 bits per heavy atom. The number of piperidine rings is 1. The van der Waals surface area contributed by atoms with Crippen LogP contribution in [0.3, 0.4) is 0 Å². The van der Waals surface area contributed by atoms with Crippen molar-refractivity contribution in [1.82, 2.24) is 55.7 Å². The molecule has 0 aromatic heterocycles. The van der Waals surface area contributed by atoms with Crippen LogP contribution in [-0.4, -0.2) is 246 Å². The maximum Gasteiger partial charge on any atom is 0.276 e. The van der Waals surface area contributed by atoms with Crippen LogP contribution in [0.4, 0.5) is 0 Å². The number of nitrogens with zero attached hydrogens (tertiary/aromatic N) is 7. The first-order chi connectivity index (χ1) is 41.2. The van der Waals surface area contributed by atoms with Crippen molar-refractivity contribution in [1.29, 1.82) is 0 Å². The van der Waals surface area contributed by atoms with Gasteiger partial charge in [-0.2, -0.15) is 0 Å². The number of likely N-dealkylation sites (tertiary alicyclic amines) is 1. The largest absolute Gasteiger partial charge is 0.391 e. The number of aldehydes is 1. The van der Waals surface area contributed by atoms with E-state index >= 15 is 0 Å². The molecule has 1 aliphatic rings. The predicted octanol–water partition coefficient (Wildman–Crippen LogP) is 2.87. The average Bonchev–Trinajstić information content (AvgIpc) is 1.24. The van der Waals surface area contributed by atoms with E-state index in [1.54, 1.807) is 53.6 Å². The van der Waals surface area contributed by atoms with E-state index in [2.05, 4.69) is 47.6 Å². The molecule has 1 saturated heterocycles. The fourth-order valence-corrected chi connectivity index (χ4v) is 9.40. The maximum absolute atomic E-state index is 14.9. The highest BCUT2D eigenvalue weighted by Crippen LogP contribution is 2.21. The Balaban J connectivity index is 3.82. The lowest BCUT2D eigenvalue weighted by Crippen LogP contribution is -2.59. The molecule has 26 heteroatoms. The van der Waals surface area contributed by atoms with Crippen molar-refractivity contribution in [3.63, 3.8) is 0 Å². The van der Waals surface area contributed by atoms with Gasteiger partial charge in [-0.1, -0.05) is 83.3 Å². The molecule has 25 nitrogen and oxygen atoms in total. The van der Waals surface area contributed by atoms with Crippen LogP contribution in [0.15, 0.2) is 72.4 Å². The van der Waals surface area contributed by atoms with Gasteiger partial charge >= 0.3 is 0 Å². The Kier molecular flexibility index (Phi) is 34.0. The monoisotopic (exact) mass is 1270 g/mol. The fourth-order valence-electron chi connectivity index (χ4n) is 9.26. The van der Waals surface area contributed by atoms with Crippen LogP contribution >= 0.6 is 11.6 Å². The van der Waals surface area contributed by atoms with Gasteiger partial charge in [-0.3, -0.25) is 58.1 Å². The number of halogens is 1. The van der Waals surface area contributed by atoms with Crippen LogP contribution in [0.5, 0.6) is 0 Å². The SMILES string of the molecule is C=C/C(=C\C(=C)Cl)C[C@@H](C(=O)N[C@@H](CC(=C)/C=C\C(=C)C(=O)N(C)O)C(=O)N(C)[C@@H](CC(C)C)C(=O)NC(C=O)[C@@H](C)O)N(C)C(=O)CN(C)C(=O)CC(NC(=O)[C@H](C)N(C)C(=O)[C@H](COC(C)(C)C)NC(=O)[C@H](CC(C)C)N(C)C)C(=O)N1CCCCC1. The van der Waals surface area contributed by atoms with Crippen LogP contribution in [0.1, 0.15) is 114 Å². The van der Waals surface area contributed by atoms with Crippen LogP contribution in [0.2, 0.25) is 0 Å². The quantitative estimate of drug-likeness (QED) is 0.0173. The van der Waals surface area contributed by atoms with Gasteiger partial charge < -0.3 is 60.4 Å². The second kappa shape index (κ2) is 37.8. The molecule has 0 aromatic carbocycles. The lowest BCUT2D eigenvalue weighted by molar-refractivity contribution is -0.154. The molecule has 10 amide bonds. The molecule has 1 heterocycles. The smallest absolute Gasteiger partial charge is 0.276 e. The highest BCUT2D eigenvalue weighted by molar-refractivity contribution is 6.30. The minimum Gasteiger partial charge on any atom is -0.391 e. The van der Waals surface area contributed by atoms with Crippen LogP contribution in [-0.2, 0) is 57.5 Å². The molecule has 0 saturated carbocycles. The topological polar surface area (TPSA) is 308 Å². The normalized spacial score (nSPS) is 15.8. The molecule has 6 N–H and O–H groups in total. The molecule has 1 rings (SSSR count). The van der Waals surface area contributed by atoms with Crippen LogP contribution in [0.25, 0.3) is 0 Å². The fraction of sp³-hybridized carbons (Fsp3) is 0.635. The minimum atomic E-state index is -1.56. The number of carbonyl (C=O) groups excluding carboxylic acids is 11. The lowest BCUT2D eigenvalue weighted by Gasteiger charge is -2.35. The third-order valence-electron chi connectivity index (χ3n) is 14.8. The summed E-state index contributed by atoms with van der Waals surface area (Å²) in [6, 6.07) is -10.2. The summed E-state index contributed by atoms with van der Waals surface area (Å²) in [5.41, 5.74) is -0.421. The second-order valence-corrected chi connectivity index (χ2v) is 25.3. The first kappa shape index (κ1) is 80.0. The number of allylic oxidation sites excluding steroid dienone is 4. The standard InChI is InChI=1S/C63H102ClN11O14/c1-21-45(32-42(8)64)33-52(58(83)66-46(31-40(6)25-26-41(7)59(84)74(20)88)60(85)73(19)51(30-39(4)5)57(82)67-48(36-76)44(10)77)72(18)54(79)35-70(16)53(78)34-47(62(87)75-27-23-22-24-28-75)65-55(80)43(9)71(17)61(86)49(37-89-63(11,12)13)68-56(81)50(69(14)15)29-38(2)3/h21,25-26,32,36,38-39,43-44,46-52,77,88H,1,6-8,22-24,27-31,33-35,37H2,2-5,9-20H3,(H,65,80)(H,66,83)(H,67,82)(H,68,81)/b26-25-,45-32+/t43-,44+,46-,47?,48?,49-,50-,51-,52-/m0/s1.